The highest BCUT2D eigenvalue weighted by Gasteiger charge is 2.27. The van der Waals surface area contributed by atoms with Crippen LogP contribution in [0.15, 0.2) is 30.3 Å². The third kappa shape index (κ3) is 3.07. The van der Waals surface area contributed by atoms with Crippen LogP contribution in [0.3, 0.4) is 0 Å². The lowest BCUT2D eigenvalue weighted by atomic mass is 9.79. The molecule has 0 bridgehead atoms. The van der Waals surface area contributed by atoms with Crippen LogP contribution in [0, 0.1) is 11.3 Å². The van der Waals surface area contributed by atoms with Gasteiger partial charge in [-0.25, -0.2) is 0 Å². The summed E-state index contributed by atoms with van der Waals surface area (Å²) in [6.07, 6.45) is 0.847. The van der Waals surface area contributed by atoms with Crippen LogP contribution in [-0.2, 0) is 11.3 Å². The lowest BCUT2D eigenvalue weighted by Crippen LogP contribution is -2.28. The summed E-state index contributed by atoms with van der Waals surface area (Å²) in [5, 5.41) is 18.9. The number of rotatable bonds is 5. The quantitative estimate of drug-likeness (QED) is 0.844. The molecule has 0 fully saturated rings. The van der Waals surface area contributed by atoms with Crippen molar-refractivity contribution >= 4 is 24.1 Å². The minimum absolute atomic E-state index is 0.351. The summed E-state index contributed by atoms with van der Waals surface area (Å²) in [5.74, 6) is 1.03. The Hall–Kier alpha value is -2.56. The highest BCUT2D eigenvalue weighted by molar-refractivity contribution is 6.61. The van der Waals surface area contributed by atoms with E-state index in [2.05, 4.69) is 11.1 Å². The van der Waals surface area contributed by atoms with Crippen LogP contribution in [-0.4, -0.2) is 30.8 Å². The Bertz CT molecular complexity index is 791. The van der Waals surface area contributed by atoms with Gasteiger partial charge in [0.25, 0.3) is 0 Å². The van der Waals surface area contributed by atoms with Gasteiger partial charge in [-0.3, -0.25) is 0 Å². The molecule has 2 heterocycles. The molecule has 122 valence electrons. The summed E-state index contributed by atoms with van der Waals surface area (Å²) in [6.45, 7) is 2.91. The maximum atomic E-state index is 9.71. The van der Waals surface area contributed by atoms with Crippen LogP contribution >= 0.6 is 0 Å². The zero-order chi connectivity index (χ0) is 17.1. The van der Waals surface area contributed by atoms with Crippen molar-refractivity contribution in [3.63, 3.8) is 0 Å². The lowest BCUT2D eigenvalue weighted by molar-refractivity contribution is 0.275. The van der Waals surface area contributed by atoms with Gasteiger partial charge in [-0.1, -0.05) is 13.0 Å². The third-order valence-corrected chi connectivity index (χ3v) is 3.93. The number of nitrogens with zero attached hydrogens (tertiary/aromatic N) is 3. The number of nitriles is 1. The fourth-order valence-electron chi connectivity index (χ4n) is 2.57. The van der Waals surface area contributed by atoms with Crippen LogP contribution in [0.4, 0.5) is 11.5 Å². The number of anilines is 2. The van der Waals surface area contributed by atoms with Crippen molar-refractivity contribution in [3.8, 4) is 11.9 Å². The fourth-order valence-corrected chi connectivity index (χ4v) is 2.57. The summed E-state index contributed by atoms with van der Waals surface area (Å²) >= 11 is 0. The predicted molar refractivity (Wildman–Crippen MR) is 91.6 cm³/mol. The van der Waals surface area contributed by atoms with Crippen LogP contribution in [0.2, 0.25) is 0 Å². The molecule has 1 aliphatic heterocycles. The Balaban J connectivity index is 1.90. The van der Waals surface area contributed by atoms with E-state index in [1.54, 1.807) is 12.1 Å². The number of aromatic nitrogens is 1. The highest BCUT2D eigenvalue weighted by atomic mass is 16.5. The number of pyridine rings is 1. The third-order valence-electron chi connectivity index (χ3n) is 3.93. The van der Waals surface area contributed by atoms with Crippen LogP contribution in [0.5, 0.6) is 5.88 Å². The van der Waals surface area contributed by atoms with Gasteiger partial charge in [-0.2, -0.15) is 10.2 Å². The standard InChI is InChI=1S/C17H18BN3O3/c1-3-8-23-17-12(10-19)4-7-16(20-17)21(2)14-5-6-15-13(9-14)11-24-18(15)22/h4-7,9,22H,3,8,11H2,1-2H3. The Kier molecular flexibility index (Phi) is 4.70. The van der Waals surface area contributed by atoms with Crippen molar-refractivity contribution in [3.05, 3.63) is 41.5 Å². The van der Waals surface area contributed by atoms with Crippen LogP contribution < -0.4 is 15.1 Å². The van der Waals surface area contributed by atoms with E-state index in [-0.39, 0.29) is 0 Å². The van der Waals surface area contributed by atoms with E-state index in [9.17, 15) is 10.3 Å². The van der Waals surface area contributed by atoms with Crippen molar-refractivity contribution in [1.82, 2.24) is 4.98 Å². The van der Waals surface area contributed by atoms with Crippen molar-refractivity contribution in [2.75, 3.05) is 18.6 Å². The van der Waals surface area contributed by atoms with Crippen molar-refractivity contribution in [1.29, 1.82) is 5.26 Å². The van der Waals surface area contributed by atoms with Gasteiger partial charge in [0.2, 0.25) is 5.88 Å². The van der Waals surface area contributed by atoms with Gasteiger partial charge >= 0.3 is 7.12 Å². The molecule has 0 saturated carbocycles. The number of benzene rings is 1. The Morgan fingerprint density at radius 2 is 2.25 bits per heavy atom. The Morgan fingerprint density at radius 1 is 1.42 bits per heavy atom. The molecule has 0 radical (unpaired) electrons. The molecule has 0 saturated heterocycles. The Labute approximate surface area is 141 Å². The summed E-state index contributed by atoms with van der Waals surface area (Å²) in [4.78, 5) is 6.37. The van der Waals surface area contributed by atoms with Gasteiger partial charge < -0.3 is 19.3 Å². The van der Waals surface area contributed by atoms with Crippen molar-refractivity contribution < 1.29 is 14.4 Å². The first kappa shape index (κ1) is 16.3. The second-order valence-electron chi connectivity index (χ2n) is 5.59. The van der Waals surface area contributed by atoms with Gasteiger partial charge in [0, 0.05) is 12.7 Å². The number of ether oxygens (including phenoxy) is 1. The van der Waals surface area contributed by atoms with E-state index in [1.165, 1.54) is 0 Å². The van der Waals surface area contributed by atoms with E-state index in [0.29, 0.717) is 30.5 Å². The summed E-state index contributed by atoms with van der Waals surface area (Å²) in [7, 11) is 1.05. The molecule has 24 heavy (non-hydrogen) atoms. The molecule has 3 rings (SSSR count). The van der Waals surface area contributed by atoms with Gasteiger partial charge in [0.1, 0.15) is 17.5 Å². The fraction of sp³-hybridized carbons (Fsp3) is 0.294. The van der Waals surface area contributed by atoms with Gasteiger partial charge in [0.05, 0.1) is 13.2 Å². The normalized spacial score (nSPS) is 12.7. The lowest BCUT2D eigenvalue weighted by Gasteiger charge is -2.20. The molecule has 1 aliphatic rings. The maximum Gasteiger partial charge on any atom is 0.491 e. The van der Waals surface area contributed by atoms with E-state index in [0.717, 1.165) is 23.1 Å². The molecule has 1 aromatic carbocycles. The Morgan fingerprint density at radius 3 is 3.00 bits per heavy atom. The highest BCUT2D eigenvalue weighted by Crippen LogP contribution is 2.27. The van der Waals surface area contributed by atoms with E-state index < -0.39 is 7.12 Å². The molecule has 0 unspecified atom stereocenters. The van der Waals surface area contributed by atoms with E-state index in [1.807, 2.05) is 37.1 Å². The van der Waals surface area contributed by atoms with Crippen molar-refractivity contribution in [2.45, 2.75) is 20.0 Å². The second kappa shape index (κ2) is 6.91. The number of fused-ring (bicyclic) bond motifs is 1. The molecule has 6 nitrogen and oxygen atoms in total. The zero-order valence-electron chi connectivity index (χ0n) is 13.7. The van der Waals surface area contributed by atoms with Gasteiger partial charge in [0.15, 0.2) is 0 Å². The largest absolute Gasteiger partial charge is 0.491 e. The number of hydrogen-bond acceptors (Lipinski definition) is 6. The van der Waals surface area contributed by atoms with E-state index >= 15 is 0 Å². The summed E-state index contributed by atoms with van der Waals surface area (Å²) in [6, 6.07) is 11.3. The van der Waals surface area contributed by atoms with E-state index in [4.69, 9.17) is 9.39 Å². The molecule has 0 spiro atoms. The average molecular weight is 323 g/mol. The molecule has 0 aliphatic carbocycles. The molecular formula is C17H18BN3O3. The first-order valence-electron chi connectivity index (χ1n) is 7.84. The van der Waals surface area contributed by atoms with Crippen LogP contribution in [0.25, 0.3) is 0 Å². The smallest absolute Gasteiger partial charge is 0.477 e. The first-order chi connectivity index (χ1) is 11.6. The molecule has 0 atom stereocenters. The molecule has 1 N–H and O–H groups in total. The van der Waals surface area contributed by atoms with Crippen LogP contribution in [0.1, 0.15) is 24.5 Å². The molecule has 0 amide bonds. The predicted octanol–water partition coefficient (Wildman–Crippen LogP) is 1.73. The first-order valence-corrected chi connectivity index (χ1v) is 7.84. The molecule has 7 heteroatoms. The topological polar surface area (TPSA) is 78.6 Å². The minimum Gasteiger partial charge on any atom is -0.477 e. The van der Waals surface area contributed by atoms with Gasteiger partial charge in [-0.15, -0.1) is 0 Å². The second-order valence-corrected chi connectivity index (χ2v) is 5.59. The van der Waals surface area contributed by atoms with Gasteiger partial charge in [-0.05, 0) is 41.7 Å². The number of hydrogen-bond donors (Lipinski definition) is 1. The summed E-state index contributed by atoms with van der Waals surface area (Å²) < 4.78 is 10.8. The molecule has 2 aromatic rings. The molecular weight excluding hydrogens is 305 g/mol. The minimum atomic E-state index is -0.846. The van der Waals surface area contributed by atoms with Crippen molar-refractivity contribution in [2.24, 2.45) is 0 Å². The molecule has 1 aromatic heterocycles. The SMILES string of the molecule is CCCOc1nc(N(C)c2ccc3c(c2)COB3O)ccc1C#N. The average Bonchev–Trinajstić information content (AvgIpc) is 2.99. The monoisotopic (exact) mass is 323 g/mol. The maximum absolute atomic E-state index is 9.71. The summed E-state index contributed by atoms with van der Waals surface area (Å²) in [5.41, 5.74) is 3.10. The zero-order valence-corrected chi connectivity index (χ0v) is 13.7.